The molecule has 0 spiro atoms. The number of thiophene rings is 1. The van der Waals surface area contributed by atoms with E-state index in [4.69, 9.17) is 14.4 Å². The van der Waals surface area contributed by atoms with E-state index in [1.807, 2.05) is 17.4 Å². The van der Waals surface area contributed by atoms with Crippen molar-refractivity contribution >= 4 is 86.7 Å². The molecule has 0 aliphatic carbocycles. The van der Waals surface area contributed by atoms with E-state index >= 15 is 0 Å². The van der Waals surface area contributed by atoms with E-state index in [1.54, 1.807) is 0 Å². The SMILES string of the molecule is CN1C(c2cccc3ccccc23)=NC(c2ccc(-c3ccccc3)cc2)=NC1c1cc2oc3c(-c4cccc5c4sc4ccccc45)cccc3c2c2ccccc12. The summed E-state index contributed by atoms with van der Waals surface area (Å²) >= 11 is 1.85. The minimum Gasteiger partial charge on any atom is -0.455 e. The van der Waals surface area contributed by atoms with Gasteiger partial charge in [0.15, 0.2) is 12.0 Å². The van der Waals surface area contributed by atoms with Crippen molar-refractivity contribution in [1.29, 1.82) is 0 Å². The van der Waals surface area contributed by atoms with Crippen molar-refractivity contribution in [3.05, 3.63) is 205 Å². The Morgan fingerprint density at radius 3 is 1.97 bits per heavy atom. The molecule has 0 bridgehead atoms. The van der Waals surface area contributed by atoms with Gasteiger partial charge in [-0.05, 0) is 44.8 Å². The molecule has 0 saturated carbocycles. The lowest BCUT2D eigenvalue weighted by Gasteiger charge is -2.33. The number of rotatable bonds is 5. The highest BCUT2D eigenvalue weighted by Crippen LogP contribution is 2.46. The van der Waals surface area contributed by atoms with Gasteiger partial charge in [-0.25, -0.2) is 9.98 Å². The van der Waals surface area contributed by atoms with Crippen molar-refractivity contribution in [2.45, 2.75) is 6.17 Å². The molecule has 5 heteroatoms. The van der Waals surface area contributed by atoms with Crippen molar-refractivity contribution in [2.75, 3.05) is 7.05 Å². The van der Waals surface area contributed by atoms with Crippen LogP contribution in [0.15, 0.2) is 202 Å². The Kier molecular flexibility index (Phi) is 7.65. The molecule has 59 heavy (non-hydrogen) atoms. The van der Waals surface area contributed by atoms with Crippen LogP contribution in [0.1, 0.15) is 22.9 Å². The number of para-hydroxylation sites is 1. The lowest BCUT2D eigenvalue weighted by atomic mass is 9.95. The normalized spacial score (nSPS) is 14.5. The van der Waals surface area contributed by atoms with Gasteiger partial charge in [-0.1, -0.05) is 176 Å². The number of benzene rings is 9. The van der Waals surface area contributed by atoms with Gasteiger partial charge < -0.3 is 9.32 Å². The second kappa shape index (κ2) is 13.4. The van der Waals surface area contributed by atoms with Crippen LogP contribution in [0.5, 0.6) is 0 Å². The molecule has 0 N–H and O–H groups in total. The lowest BCUT2D eigenvalue weighted by molar-refractivity contribution is 0.385. The number of nitrogens with zero attached hydrogens (tertiary/aromatic N) is 3. The largest absolute Gasteiger partial charge is 0.455 e. The molecule has 1 aliphatic heterocycles. The fraction of sp³-hybridized carbons (Fsp3) is 0.0370. The summed E-state index contributed by atoms with van der Waals surface area (Å²) in [6, 6.07) is 66.9. The molecular weight excluding hydrogens is 739 g/mol. The average Bonchev–Trinajstić information content (AvgIpc) is 3.88. The summed E-state index contributed by atoms with van der Waals surface area (Å²) < 4.78 is 9.64. The van der Waals surface area contributed by atoms with Crippen LogP contribution >= 0.6 is 11.3 Å². The van der Waals surface area contributed by atoms with Crippen LogP contribution in [0.2, 0.25) is 0 Å². The molecule has 4 nitrogen and oxygen atoms in total. The van der Waals surface area contributed by atoms with Gasteiger partial charge in [0.25, 0.3) is 0 Å². The minimum absolute atomic E-state index is 0.389. The second-order valence-corrected chi connectivity index (χ2v) is 16.3. The molecule has 1 atom stereocenters. The van der Waals surface area contributed by atoms with Gasteiger partial charge in [-0.2, -0.15) is 0 Å². The number of amidine groups is 2. The van der Waals surface area contributed by atoms with Gasteiger partial charge >= 0.3 is 0 Å². The number of hydrogen-bond donors (Lipinski definition) is 0. The summed E-state index contributed by atoms with van der Waals surface area (Å²) in [6.45, 7) is 0. The second-order valence-electron chi connectivity index (χ2n) is 15.3. The molecule has 0 saturated heterocycles. The predicted octanol–water partition coefficient (Wildman–Crippen LogP) is 14.4. The number of furan rings is 1. The average molecular weight is 774 g/mol. The van der Waals surface area contributed by atoms with Gasteiger partial charge in [0.1, 0.15) is 17.0 Å². The van der Waals surface area contributed by atoms with Crippen LogP contribution in [0, 0.1) is 0 Å². The van der Waals surface area contributed by atoms with Gasteiger partial charge in [-0.3, -0.25) is 0 Å². The van der Waals surface area contributed by atoms with Crippen LogP contribution in [0.3, 0.4) is 0 Å². The van der Waals surface area contributed by atoms with Crippen molar-refractivity contribution in [2.24, 2.45) is 9.98 Å². The highest BCUT2D eigenvalue weighted by molar-refractivity contribution is 7.26. The molecule has 278 valence electrons. The first kappa shape index (κ1) is 33.8. The third-order valence-corrected chi connectivity index (χ3v) is 13.2. The fourth-order valence-corrected chi connectivity index (χ4v) is 10.4. The Balaban J connectivity index is 1.07. The van der Waals surface area contributed by atoms with E-state index in [0.717, 1.165) is 71.8 Å². The molecule has 0 amide bonds. The minimum atomic E-state index is -0.389. The molecule has 1 unspecified atom stereocenters. The maximum absolute atomic E-state index is 7.08. The standard InChI is InChI=1S/C54H35N3OS/c1-57-53(44-25-11-17-35-16-5-6-18-37(35)44)55-52(36-30-28-34(29-31-36)33-14-3-2-4-15-33)56-54(57)46-32-47-49(40-21-8-7-19-38(40)46)45-26-12-22-41(50(45)58-47)43-24-13-23-42-39-20-9-10-27-48(39)59-51(42)43/h2-32,54H,1H3. The first-order valence-corrected chi connectivity index (χ1v) is 20.8. The summed E-state index contributed by atoms with van der Waals surface area (Å²) in [5.41, 5.74) is 9.46. The summed E-state index contributed by atoms with van der Waals surface area (Å²) in [5, 5.41) is 9.39. The topological polar surface area (TPSA) is 41.1 Å². The Labute approximate surface area is 344 Å². The maximum atomic E-state index is 7.08. The molecule has 3 heterocycles. The number of hydrogen-bond acceptors (Lipinski definition) is 5. The van der Waals surface area contributed by atoms with Gasteiger partial charge in [0.2, 0.25) is 0 Å². The molecule has 0 fully saturated rings. The summed E-state index contributed by atoms with van der Waals surface area (Å²) in [4.78, 5) is 13.1. The van der Waals surface area contributed by atoms with E-state index < -0.39 is 0 Å². The van der Waals surface area contributed by atoms with Crippen LogP contribution in [-0.2, 0) is 0 Å². The first-order chi connectivity index (χ1) is 29.2. The lowest BCUT2D eigenvalue weighted by Crippen LogP contribution is -2.36. The monoisotopic (exact) mass is 773 g/mol. The zero-order valence-corrected chi connectivity index (χ0v) is 32.9. The Morgan fingerprint density at radius 1 is 0.508 bits per heavy atom. The molecule has 9 aromatic carbocycles. The Morgan fingerprint density at radius 2 is 1.12 bits per heavy atom. The highest BCUT2D eigenvalue weighted by Gasteiger charge is 2.30. The van der Waals surface area contributed by atoms with Gasteiger partial charge in [0, 0.05) is 65.8 Å². The van der Waals surface area contributed by atoms with Gasteiger partial charge in [0.05, 0.1) is 0 Å². The molecular formula is C54H35N3OS. The molecule has 1 aliphatic rings. The smallest absolute Gasteiger partial charge is 0.159 e. The van der Waals surface area contributed by atoms with Crippen LogP contribution in [-0.4, -0.2) is 23.6 Å². The van der Waals surface area contributed by atoms with Crippen molar-refractivity contribution in [1.82, 2.24) is 4.90 Å². The van der Waals surface area contributed by atoms with E-state index in [9.17, 15) is 0 Å². The maximum Gasteiger partial charge on any atom is 0.159 e. The third kappa shape index (κ3) is 5.36. The number of fused-ring (bicyclic) bond motifs is 9. The van der Waals surface area contributed by atoms with Crippen molar-refractivity contribution in [3.8, 4) is 22.3 Å². The Bertz CT molecular complexity index is 3520. The molecule has 11 aromatic rings. The van der Waals surface area contributed by atoms with E-state index in [2.05, 4.69) is 194 Å². The molecule has 12 rings (SSSR count). The van der Waals surface area contributed by atoms with E-state index in [1.165, 1.54) is 36.7 Å². The van der Waals surface area contributed by atoms with Crippen molar-refractivity contribution < 1.29 is 4.42 Å². The predicted molar refractivity (Wildman–Crippen MR) is 249 cm³/mol. The van der Waals surface area contributed by atoms with E-state index in [-0.39, 0.29) is 6.17 Å². The van der Waals surface area contributed by atoms with Crippen LogP contribution < -0.4 is 0 Å². The summed E-state index contributed by atoms with van der Waals surface area (Å²) in [7, 11) is 2.12. The quantitative estimate of drug-likeness (QED) is 0.175. The fourth-order valence-electron chi connectivity index (χ4n) is 9.13. The third-order valence-electron chi connectivity index (χ3n) is 11.9. The molecule has 0 radical (unpaired) electrons. The molecule has 2 aromatic heterocycles. The highest BCUT2D eigenvalue weighted by atomic mass is 32.1. The van der Waals surface area contributed by atoms with Crippen LogP contribution in [0.25, 0.3) is 85.9 Å². The zero-order chi connectivity index (χ0) is 39.0. The van der Waals surface area contributed by atoms with Crippen molar-refractivity contribution in [3.63, 3.8) is 0 Å². The van der Waals surface area contributed by atoms with Crippen LogP contribution in [0.4, 0.5) is 0 Å². The summed E-state index contributed by atoms with van der Waals surface area (Å²) in [6.07, 6.45) is -0.389. The Hall–Kier alpha value is -7.34. The summed E-state index contributed by atoms with van der Waals surface area (Å²) in [5.74, 6) is 1.57. The van der Waals surface area contributed by atoms with E-state index in [0.29, 0.717) is 5.84 Å². The number of aliphatic imine (C=N–C) groups is 2. The zero-order valence-electron chi connectivity index (χ0n) is 32.1. The van der Waals surface area contributed by atoms with Gasteiger partial charge in [-0.15, -0.1) is 11.3 Å². The first-order valence-electron chi connectivity index (χ1n) is 20.0.